The third kappa shape index (κ3) is 10.8. The number of non-ortho nitro benzene ring substituents is 1. The average molecular weight is 349 g/mol. The summed E-state index contributed by atoms with van der Waals surface area (Å²) in [6, 6.07) is 6.00. The van der Waals surface area contributed by atoms with E-state index in [1.807, 2.05) is 53.7 Å². The topological polar surface area (TPSA) is 87.8 Å². The summed E-state index contributed by atoms with van der Waals surface area (Å²) in [7, 11) is 0. The second-order valence-electron chi connectivity index (χ2n) is 4.03. The standard InChI is InChI=1S/C13H13N3O3.3C2H6/c17-13-7-1-10(2-8-13)9-14-15-11-3-5-12(6-4-11)16(18)19;3*1-2/h1-10,13,15,17H;3*1-2H3. The zero-order valence-electron chi connectivity index (χ0n) is 16.0. The van der Waals surface area contributed by atoms with Crippen LogP contribution in [0.5, 0.6) is 0 Å². The van der Waals surface area contributed by atoms with E-state index >= 15 is 0 Å². The second-order valence-corrected chi connectivity index (χ2v) is 4.03. The van der Waals surface area contributed by atoms with Gasteiger partial charge in [-0.2, -0.15) is 5.10 Å². The molecule has 140 valence electrons. The number of nitro groups is 1. The van der Waals surface area contributed by atoms with Gasteiger partial charge in [0.2, 0.25) is 0 Å². The molecule has 2 rings (SSSR count). The Labute approximate surface area is 151 Å². The van der Waals surface area contributed by atoms with Crippen LogP contribution >= 0.6 is 0 Å². The lowest BCUT2D eigenvalue weighted by molar-refractivity contribution is -0.384. The van der Waals surface area contributed by atoms with Crippen molar-refractivity contribution in [1.29, 1.82) is 0 Å². The molecule has 2 N–H and O–H groups in total. The van der Waals surface area contributed by atoms with Crippen molar-refractivity contribution < 1.29 is 10.0 Å². The van der Waals surface area contributed by atoms with Crippen molar-refractivity contribution >= 4 is 17.6 Å². The van der Waals surface area contributed by atoms with Crippen molar-refractivity contribution in [3.8, 4) is 0 Å². The fraction of sp³-hybridized carbons (Fsp3) is 0.421. The van der Waals surface area contributed by atoms with E-state index in [1.165, 1.54) is 12.1 Å². The minimum atomic E-state index is -0.521. The maximum atomic E-state index is 10.5. The average Bonchev–Trinajstić information content (AvgIpc) is 2.68. The smallest absolute Gasteiger partial charge is 0.269 e. The molecule has 1 aromatic rings. The van der Waals surface area contributed by atoms with E-state index < -0.39 is 11.0 Å². The van der Waals surface area contributed by atoms with E-state index in [0.29, 0.717) is 5.69 Å². The molecule has 0 aliphatic heterocycles. The van der Waals surface area contributed by atoms with E-state index in [4.69, 9.17) is 0 Å². The molecule has 1 aromatic carbocycles. The number of aliphatic hydroxyl groups is 1. The monoisotopic (exact) mass is 349 g/mol. The Morgan fingerprint density at radius 2 is 1.48 bits per heavy atom. The molecule has 0 unspecified atom stereocenters. The van der Waals surface area contributed by atoms with Crippen molar-refractivity contribution in [3.05, 3.63) is 58.7 Å². The Balaban J connectivity index is 0. The van der Waals surface area contributed by atoms with Crippen LogP contribution in [0.15, 0.2) is 53.7 Å². The third-order valence-electron chi connectivity index (χ3n) is 2.58. The van der Waals surface area contributed by atoms with Crippen molar-refractivity contribution in [2.75, 3.05) is 5.43 Å². The number of hydrazone groups is 1. The minimum Gasteiger partial charge on any atom is -0.385 e. The molecule has 6 heteroatoms. The van der Waals surface area contributed by atoms with Crippen LogP contribution in [0.1, 0.15) is 41.5 Å². The van der Waals surface area contributed by atoms with Gasteiger partial charge in [-0.05, 0) is 12.1 Å². The second kappa shape index (κ2) is 16.4. The van der Waals surface area contributed by atoms with Gasteiger partial charge < -0.3 is 5.11 Å². The number of aliphatic hydroxyl groups excluding tert-OH is 1. The molecule has 0 saturated carbocycles. The molecular weight excluding hydrogens is 318 g/mol. The largest absolute Gasteiger partial charge is 0.385 e. The van der Waals surface area contributed by atoms with Gasteiger partial charge in [0.1, 0.15) is 0 Å². The quantitative estimate of drug-likeness (QED) is 0.339. The van der Waals surface area contributed by atoms with E-state index in [2.05, 4.69) is 10.5 Å². The van der Waals surface area contributed by atoms with Crippen LogP contribution in [0, 0.1) is 16.0 Å². The molecule has 0 heterocycles. The van der Waals surface area contributed by atoms with Crippen LogP contribution in [-0.2, 0) is 0 Å². The first-order chi connectivity index (χ1) is 12.1. The van der Waals surface area contributed by atoms with Crippen molar-refractivity contribution in [1.82, 2.24) is 0 Å². The normalized spacial score (nSPS) is 17.2. The number of benzene rings is 1. The van der Waals surface area contributed by atoms with Crippen LogP contribution in [0.25, 0.3) is 0 Å². The zero-order chi connectivity index (χ0) is 19.7. The first-order valence-corrected chi connectivity index (χ1v) is 8.73. The van der Waals surface area contributed by atoms with E-state index in [0.717, 1.165) is 0 Å². The van der Waals surface area contributed by atoms with Gasteiger partial charge in [0, 0.05) is 24.3 Å². The Kier molecular flexibility index (Phi) is 16.2. The molecule has 6 nitrogen and oxygen atoms in total. The summed E-state index contributed by atoms with van der Waals surface area (Å²) >= 11 is 0. The number of anilines is 1. The van der Waals surface area contributed by atoms with Crippen molar-refractivity contribution in [2.45, 2.75) is 47.6 Å². The van der Waals surface area contributed by atoms with Crippen molar-refractivity contribution in [2.24, 2.45) is 11.0 Å². The molecular formula is C19H31N3O3. The van der Waals surface area contributed by atoms with Gasteiger partial charge >= 0.3 is 0 Å². The molecule has 0 radical (unpaired) electrons. The van der Waals surface area contributed by atoms with Gasteiger partial charge in [-0.3, -0.25) is 15.5 Å². The first kappa shape index (κ1) is 24.8. The SMILES string of the molecule is CC.CC.CC.O=[N+]([O-])c1ccc(NN=CC2C=CC(O)C=C2)cc1. The molecule has 0 aromatic heterocycles. The molecule has 1 aliphatic rings. The summed E-state index contributed by atoms with van der Waals surface area (Å²) in [5.41, 5.74) is 3.50. The highest BCUT2D eigenvalue weighted by molar-refractivity contribution is 5.67. The van der Waals surface area contributed by atoms with Crippen LogP contribution in [0.2, 0.25) is 0 Å². The van der Waals surface area contributed by atoms with Crippen LogP contribution in [0.3, 0.4) is 0 Å². The fourth-order valence-electron chi connectivity index (χ4n) is 1.57. The van der Waals surface area contributed by atoms with Gasteiger partial charge in [-0.15, -0.1) is 0 Å². The summed E-state index contributed by atoms with van der Waals surface area (Å²) < 4.78 is 0. The van der Waals surface area contributed by atoms with E-state index in [9.17, 15) is 15.2 Å². The number of nitrogens with one attached hydrogen (secondary N) is 1. The first-order valence-electron chi connectivity index (χ1n) is 8.73. The highest BCUT2D eigenvalue weighted by Crippen LogP contribution is 2.15. The third-order valence-corrected chi connectivity index (χ3v) is 2.58. The summed E-state index contributed by atoms with van der Waals surface area (Å²) in [6.07, 6.45) is 8.20. The Morgan fingerprint density at radius 1 is 1.00 bits per heavy atom. The fourth-order valence-corrected chi connectivity index (χ4v) is 1.57. The van der Waals surface area contributed by atoms with Crippen molar-refractivity contribution in [3.63, 3.8) is 0 Å². The number of hydrogen-bond acceptors (Lipinski definition) is 5. The van der Waals surface area contributed by atoms with Crippen LogP contribution < -0.4 is 5.43 Å². The van der Waals surface area contributed by atoms with Crippen LogP contribution in [0.4, 0.5) is 11.4 Å². The van der Waals surface area contributed by atoms with E-state index in [-0.39, 0.29) is 11.6 Å². The molecule has 0 amide bonds. The summed E-state index contributed by atoms with van der Waals surface area (Å²) in [5.74, 6) is 0.0361. The predicted molar refractivity (Wildman–Crippen MR) is 107 cm³/mol. The summed E-state index contributed by atoms with van der Waals surface area (Å²) in [6.45, 7) is 12.0. The molecule has 1 aliphatic carbocycles. The van der Waals surface area contributed by atoms with Crippen LogP contribution in [-0.4, -0.2) is 22.3 Å². The minimum absolute atomic E-state index is 0.0361. The molecule has 0 atom stereocenters. The van der Waals surface area contributed by atoms with E-state index in [1.54, 1.807) is 30.5 Å². The summed E-state index contributed by atoms with van der Waals surface area (Å²) in [4.78, 5) is 10.0. The highest BCUT2D eigenvalue weighted by atomic mass is 16.6. The Bertz CT molecular complexity index is 523. The molecule has 0 fully saturated rings. The molecule has 25 heavy (non-hydrogen) atoms. The molecule has 0 spiro atoms. The lowest BCUT2D eigenvalue weighted by atomic mass is 10.0. The maximum absolute atomic E-state index is 10.5. The number of allylic oxidation sites excluding steroid dienone is 2. The zero-order valence-corrected chi connectivity index (χ0v) is 16.0. The molecule has 0 bridgehead atoms. The predicted octanol–water partition coefficient (Wildman–Crippen LogP) is 5.17. The van der Waals surface area contributed by atoms with Gasteiger partial charge in [0.05, 0.1) is 16.7 Å². The molecule has 0 saturated heterocycles. The maximum Gasteiger partial charge on any atom is 0.269 e. The summed E-state index contributed by atoms with van der Waals surface area (Å²) in [5, 5.41) is 23.7. The Hall–Kier alpha value is -2.47. The number of rotatable bonds is 4. The van der Waals surface area contributed by atoms with Gasteiger partial charge in [-0.1, -0.05) is 65.8 Å². The lowest BCUT2D eigenvalue weighted by Crippen LogP contribution is -2.07. The van der Waals surface area contributed by atoms with Gasteiger partial charge in [0.25, 0.3) is 5.69 Å². The lowest BCUT2D eigenvalue weighted by Gasteiger charge is -2.08. The number of hydrogen-bond donors (Lipinski definition) is 2. The van der Waals surface area contributed by atoms with Gasteiger partial charge in [-0.25, -0.2) is 0 Å². The number of nitro benzene ring substituents is 1. The number of nitrogens with zero attached hydrogens (tertiary/aromatic N) is 2. The van der Waals surface area contributed by atoms with Gasteiger partial charge in [0.15, 0.2) is 0 Å². The highest BCUT2D eigenvalue weighted by Gasteiger charge is 2.05. The Morgan fingerprint density at radius 3 is 1.92 bits per heavy atom.